The van der Waals surface area contributed by atoms with E-state index in [1.54, 1.807) is 6.08 Å². The van der Waals surface area contributed by atoms with Gasteiger partial charge in [0.15, 0.2) is 5.60 Å². The molecule has 162 valence electrons. The van der Waals surface area contributed by atoms with Gasteiger partial charge in [0.05, 0.1) is 0 Å². The maximum absolute atomic E-state index is 12.4. The third kappa shape index (κ3) is 4.64. The second-order valence-corrected chi connectivity index (χ2v) is 7.08. The highest BCUT2D eigenvalue weighted by Crippen LogP contribution is 2.28. The van der Waals surface area contributed by atoms with Crippen molar-refractivity contribution in [3.05, 3.63) is 12.2 Å². The summed E-state index contributed by atoms with van der Waals surface area (Å²) in [4.78, 5) is 79.9. The van der Waals surface area contributed by atoms with Gasteiger partial charge in [0.2, 0.25) is 0 Å². The Kier molecular flexibility index (Phi) is 6.15. The van der Waals surface area contributed by atoms with Crippen molar-refractivity contribution in [1.29, 1.82) is 0 Å². The second-order valence-electron chi connectivity index (χ2n) is 7.08. The molecule has 0 spiro atoms. The molecule has 1 N–H and O–H groups in total. The van der Waals surface area contributed by atoms with Crippen LogP contribution in [0.1, 0.15) is 51.4 Å². The van der Waals surface area contributed by atoms with E-state index in [-0.39, 0.29) is 51.4 Å². The third-order valence-electron chi connectivity index (χ3n) is 4.90. The van der Waals surface area contributed by atoms with Crippen LogP contribution in [0.4, 0.5) is 4.79 Å². The van der Waals surface area contributed by atoms with Crippen LogP contribution in [-0.2, 0) is 38.4 Å². The minimum atomic E-state index is -2.01. The average Bonchev–Trinajstić information content (AvgIpc) is 3.17. The number of carbonyl (C=O) groups excluding carboxylic acids is 6. The molecule has 0 saturated carbocycles. The normalized spacial score (nSPS) is 28.2. The Morgan fingerprint density at radius 1 is 0.900 bits per heavy atom. The van der Waals surface area contributed by atoms with Gasteiger partial charge in [-0.05, 0) is 31.8 Å². The van der Waals surface area contributed by atoms with Gasteiger partial charge in [0.1, 0.15) is 6.10 Å². The van der Waals surface area contributed by atoms with Crippen LogP contribution in [0.3, 0.4) is 0 Å². The molecule has 30 heavy (non-hydrogen) atoms. The SMILES string of the molecule is O=C(O[C@H]1/C=C/CC[C@@](O)(C(=O)ON2C(=O)CCC2=O)CC1)ON1C(=O)CCC1=O. The van der Waals surface area contributed by atoms with Gasteiger partial charge in [-0.3, -0.25) is 24.0 Å². The van der Waals surface area contributed by atoms with Crippen molar-refractivity contribution in [2.24, 2.45) is 0 Å². The summed E-state index contributed by atoms with van der Waals surface area (Å²) in [6.07, 6.45) is 0.555. The Bertz CT molecular complexity index is 790. The summed E-state index contributed by atoms with van der Waals surface area (Å²) >= 11 is 0. The zero-order valence-electron chi connectivity index (χ0n) is 15.9. The van der Waals surface area contributed by atoms with Crippen LogP contribution >= 0.6 is 0 Å². The lowest BCUT2D eigenvalue weighted by Gasteiger charge is -2.29. The highest BCUT2D eigenvalue weighted by Gasteiger charge is 2.43. The van der Waals surface area contributed by atoms with E-state index in [0.29, 0.717) is 10.1 Å². The van der Waals surface area contributed by atoms with Gasteiger partial charge in [-0.25, -0.2) is 9.59 Å². The molecule has 12 heteroatoms. The van der Waals surface area contributed by atoms with Crippen LogP contribution in [0, 0.1) is 0 Å². The largest absolute Gasteiger partial charge is 0.534 e. The number of allylic oxidation sites excluding steroid dienone is 1. The van der Waals surface area contributed by atoms with Crippen LogP contribution in [0.5, 0.6) is 0 Å². The van der Waals surface area contributed by atoms with Gasteiger partial charge in [0.25, 0.3) is 23.6 Å². The van der Waals surface area contributed by atoms with Gasteiger partial charge in [-0.1, -0.05) is 11.1 Å². The van der Waals surface area contributed by atoms with Crippen molar-refractivity contribution in [3.63, 3.8) is 0 Å². The Morgan fingerprint density at radius 2 is 1.43 bits per heavy atom. The van der Waals surface area contributed by atoms with E-state index < -0.39 is 47.5 Å². The predicted octanol–water partition coefficient (Wildman–Crippen LogP) is 0.0407. The van der Waals surface area contributed by atoms with Crippen LogP contribution < -0.4 is 0 Å². The monoisotopic (exact) mass is 424 g/mol. The number of hydrogen-bond donors (Lipinski definition) is 1. The summed E-state index contributed by atoms with van der Waals surface area (Å²) in [7, 11) is 0. The zero-order chi connectivity index (χ0) is 21.9. The highest BCUT2D eigenvalue weighted by molar-refractivity contribution is 6.02. The summed E-state index contributed by atoms with van der Waals surface area (Å²) in [5, 5.41) is 11.4. The Labute approximate surface area is 170 Å². The van der Waals surface area contributed by atoms with Crippen LogP contribution in [0.2, 0.25) is 0 Å². The first-order valence-electron chi connectivity index (χ1n) is 9.41. The fraction of sp³-hybridized carbons (Fsp3) is 0.556. The smallest absolute Gasteiger partial charge is 0.425 e. The first kappa shape index (κ1) is 21.4. The quantitative estimate of drug-likeness (QED) is 0.371. The fourth-order valence-electron chi connectivity index (χ4n) is 3.18. The molecule has 0 aromatic heterocycles. The molecule has 2 atom stereocenters. The lowest BCUT2D eigenvalue weighted by Crippen LogP contribution is -2.46. The molecule has 3 aliphatic rings. The summed E-state index contributed by atoms with van der Waals surface area (Å²) in [5.41, 5.74) is -2.01. The molecular formula is C18H20N2O10. The topological polar surface area (TPSA) is 157 Å². The van der Waals surface area contributed by atoms with Crippen LogP contribution in [-0.4, -0.2) is 62.7 Å². The van der Waals surface area contributed by atoms with Crippen molar-refractivity contribution >= 4 is 35.8 Å². The molecule has 2 heterocycles. The van der Waals surface area contributed by atoms with E-state index in [4.69, 9.17) is 9.57 Å². The molecule has 4 amide bonds. The van der Waals surface area contributed by atoms with Crippen molar-refractivity contribution < 1.29 is 48.3 Å². The van der Waals surface area contributed by atoms with E-state index in [2.05, 4.69) is 4.84 Å². The molecular weight excluding hydrogens is 404 g/mol. The van der Waals surface area contributed by atoms with E-state index in [1.807, 2.05) is 0 Å². The molecule has 0 aromatic carbocycles. The van der Waals surface area contributed by atoms with Gasteiger partial charge in [-0.15, -0.1) is 5.06 Å². The van der Waals surface area contributed by atoms with Gasteiger partial charge >= 0.3 is 12.1 Å². The predicted molar refractivity (Wildman–Crippen MR) is 92.2 cm³/mol. The van der Waals surface area contributed by atoms with Crippen LogP contribution in [0.15, 0.2) is 12.2 Å². The van der Waals surface area contributed by atoms with Crippen molar-refractivity contribution in [3.8, 4) is 0 Å². The summed E-state index contributed by atoms with van der Waals surface area (Å²) in [6, 6.07) is 0. The third-order valence-corrected chi connectivity index (χ3v) is 4.90. The minimum Gasteiger partial charge on any atom is -0.425 e. The average molecular weight is 424 g/mol. The molecule has 3 rings (SSSR count). The number of nitrogens with zero attached hydrogens (tertiary/aromatic N) is 2. The van der Waals surface area contributed by atoms with Gasteiger partial charge in [0, 0.05) is 25.7 Å². The molecule has 0 aromatic rings. The second kappa shape index (κ2) is 8.61. The molecule has 0 unspecified atom stereocenters. The lowest BCUT2D eigenvalue weighted by molar-refractivity contribution is -0.212. The number of ether oxygens (including phenoxy) is 1. The highest BCUT2D eigenvalue weighted by atomic mass is 16.8. The number of imide groups is 2. The van der Waals surface area contributed by atoms with Gasteiger partial charge in [-0.2, -0.15) is 0 Å². The standard InChI is InChI=1S/C18H20N2O10/c21-12-4-5-13(22)19(12)29-16(25)18(27)9-2-1-3-11(8-10-18)28-17(26)30-20-14(23)6-7-15(20)24/h1,3,11,27H,2,4-10H2/b3-1+/t11-,18-/m0/s1. The summed E-state index contributed by atoms with van der Waals surface area (Å²) in [6.45, 7) is 0. The minimum absolute atomic E-state index is 0.0268. The Morgan fingerprint density at radius 3 is 2.00 bits per heavy atom. The number of hydrogen-bond acceptors (Lipinski definition) is 10. The van der Waals surface area contributed by atoms with E-state index in [1.165, 1.54) is 6.08 Å². The van der Waals surface area contributed by atoms with E-state index in [0.717, 1.165) is 0 Å². The molecule has 12 nitrogen and oxygen atoms in total. The number of hydroxylamine groups is 4. The number of aliphatic hydroxyl groups is 1. The first-order chi connectivity index (χ1) is 14.2. The van der Waals surface area contributed by atoms with E-state index in [9.17, 15) is 33.9 Å². The molecule has 2 saturated heterocycles. The first-order valence-corrected chi connectivity index (χ1v) is 9.41. The Balaban J connectivity index is 1.57. The molecule has 0 radical (unpaired) electrons. The molecule has 1 aliphatic carbocycles. The van der Waals surface area contributed by atoms with Crippen molar-refractivity contribution in [2.75, 3.05) is 0 Å². The summed E-state index contributed by atoms with van der Waals surface area (Å²) in [5.74, 6) is -3.81. The lowest BCUT2D eigenvalue weighted by atomic mass is 9.88. The Hall–Kier alpha value is -3.28. The van der Waals surface area contributed by atoms with E-state index >= 15 is 0 Å². The fourth-order valence-corrected chi connectivity index (χ4v) is 3.18. The number of amides is 4. The maximum Gasteiger partial charge on any atom is 0.534 e. The maximum atomic E-state index is 12.4. The summed E-state index contributed by atoms with van der Waals surface area (Å²) < 4.78 is 5.05. The molecule has 2 aliphatic heterocycles. The molecule has 0 bridgehead atoms. The molecule has 2 fully saturated rings. The van der Waals surface area contributed by atoms with Gasteiger partial charge < -0.3 is 14.7 Å². The van der Waals surface area contributed by atoms with Crippen molar-refractivity contribution in [2.45, 2.75) is 63.1 Å². The number of carbonyl (C=O) groups is 6. The number of rotatable bonds is 4. The van der Waals surface area contributed by atoms with Crippen molar-refractivity contribution in [1.82, 2.24) is 10.1 Å². The van der Waals surface area contributed by atoms with Crippen LogP contribution in [0.25, 0.3) is 0 Å². The zero-order valence-corrected chi connectivity index (χ0v) is 15.9.